The molecule has 100 valence electrons. The van der Waals surface area contributed by atoms with E-state index >= 15 is 0 Å². The van der Waals surface area contributed by atoms with Crippen molar-refractivity contribution in [2.45, 2.75) is 25.8 Å². The lowest BCUT2D eigenvalue weighted by atomic mass is 10.1. The van der Waals surface area contributed by atoms with E-state index in [4.69, 9.17) is 5.73 Å². The standard InChI is InChI=1S/C12H15N5OS/c1-6-4-8-10(16-12(13)17-11(8)19-6)15-7-2-3-9(18)14-5-7/h4,7H,2-3,5H2,1H3,(H,14,18)(H3,13,15,16,17). The van der Waals surface area contributed by atoms with E-state index < -0.39 is 0 Å². The molecule has 7 heteroatoms. The predicted molar refractivity (Wildman–Crippen MR) is 76.2 cm³/mol. The number of nitrogens with zero attached hydrogens (tertiary/aromatic N) is 2. The summed E-state index contributed by atoms with van der Waals surface area (Å²) in [6, 6.07) is 2.25. The molecule has 0 aliphatic carbocycles. The van der Waals surface area contributed by atoms with Gasteiger partial charge in [0, 0.05) is 23.9 Å². The van der Waals surface area contributed by atoms with Gasteiger partial charge in [-0.05, 0) is 19.4 Å². The van der Waals surface area contributed by atoms with Crippen molar-refractivity contribution in [3.05, 3.63) is 10.9 Å². The topological polar surface area (TPSA) is 92.9 Å². The van der Waals surface area contributed by atoms with Gasteiger partial charge in [0.15, 0.2) is 0 Å². The number of nitrogen functional groups attached to an aromatic ring is 1. The van der Waals surface area contributed by atoms with Crippen molar-refractivity contribution in [3.8, 4) is 0 Å². The van der Waals surface area contributed by atoms with Gasteiger partial charge in [0.2, 0.25) is 11.9 Å². The fourth-order valence-corrected chi connectivity index (χ4v) is 3.10. The Morgan fingerprint density at radius 2 is 2.37 bits per heavy atom. The summed E-state index contributed by atoms with van der Waals surface area (Å²) in [5.41, 5.74) is 5.74. The highest BCUT2D eigenvalue weighted by Gasteiger charge is 2.19. The van der Waals surface area contributed by atoms with Crippen molar-refractivity contribution >= 4 is 39.2 Å². The molecule has 6 nitrogen and oxygen atoms in total. The van der Waals surface area contributed by atoms with Gasteiger partial charge < -0.3 is 16.4 Å². The number of hydrogen-bond acceptors (Lipinski definition) is 6. The number of fused-ring (bicyclic) bond motifs is 1. The molecule has 0 bridgehead atoms. The van der Waals surface area contributed by atoms with Crippen LogP contribution in [0.5, 0.6) is 0 Å². The third kappa shape index (κ3) is 2.46. The number of aromatic nitrogens is 2. The smallest absolute Gasteiger partial charge is 0.223 e. The number of carbonyl (C=O) groups is 1. The first-order valence-electron chi connectivity index (χ1n) is 6.19. The van der Waals surface area contributed by atoms with Crippen molar-refractivity contribution in [2.24, 2.45) is 0 Å². The maximum atomic E-state index is 11.1. The molecule has 0 radical (unpaired) electrons. The van der Waals surface area contributed by atoms with Crippen LogP contribution in [-0.2, 0) is 4.79 Å². The lowest BCUT2D eigenvalue weighted by Crippen LogP contribution is -2.42. The molecular formula is C12H15N5OS. The maximum absolute atomic E-state index is 11.1. The summed E-state index contributed by atoms with van der Waals surface area (Å²) >= 11 is 1.60. The minimum absolute atomic E-state index is 0.108. The van der Waals surface area contributed by atoms with E-state index in [9.17, 15) is 4.79 Å². The average molecular weight is 277 g/mol. The molecule has 2 aromatic rings. The van der Waals surface area contributed by atoms with Crippen LogP contribution in [0.25, 0.3) is 10.2 Å². The van der Waals surface area contributed by atoms with Crippen molar-refractivity contribution in [1.82, 2.24) is 15.3 Å². The van der Waals surface area contributed by atoms with Gasteiger partial charge in [0.1, 0.15) is 10.6 Å². The fraction of sp³-hybridized carbons (Fsp3) is 0.417. The Morgan fingerprint density at radius 1 is 1.53 bits per heavy atom. The SMILES string of the molecule is Cc1cc2c(NC3CCC(=O)NC3)nc(N)nc2s1. The summed E-state index contributed by atoms with van der Waals surface area (Å²) in [6.07, 6.45) is 1.35. The summed E-state index contributed by atoms with van der Waals surface area (Å²) in [7, 11) is 0. The quantitative estimate of drug-likeness (QED) is 0.768. The second-order valence-electron chi connectivity index (χ2n) is 4.69. The highest BCUT2D eigenvalue weighted by molar-refractivity contribution is 7.18. The van der Waals surface area contributed by atoms with Crippen LogP contribution >= 0.6 is 11.3 Å². The number of rotatable bonds is 2. The van der Waals surface area contributed by atoms with Crippen LogP contribution in [-0.4, -0.2) is 28.5 Å². The van der Waals surface area contributed by atoms with Gasteiger partial charge in [0.25, 0.3) is 0 Å². The van der Waals surface area contributed by atoms with Crippen molar-refractivity contribution in [2.75, 3.05) is 17.6 Å². The highest BCUT2D eigenvalue weighted by atomic mass is 32.1. The van der Waals surface area contributed by atoms with E-state index in [2.05, 4.69) is 26.7 Å². The highest BCUT2D eigenvalue weighted by Crippen LogP contribution is 2.29. The molecule has 19 heavy (non-hydrogen) atoms. The minimum Gasteiger partial charge on any atom is -0.368 e. The first-order chi connectivity index (χ1) is 9.11. The lowest BCUT2D eigenvalue weighted by Gasteiger charge is -2.24. The van der Waals surface area contributed by atoms with E-state index in [-0.39, 0.29) is 17.9 Å². The molecule has 1 aliphatic rings. The zero-order valence-electron chi connectivity index (χ0n) is 10.6. The number of amides is 1. The van der Waals surface area contributed by atoms with Crippen LogP contribution < -0.4 is 16.4 Å². The van der Waals surface area contributed by atoms with Crippen LogP contribution in [0.3, 0.4) is 0 Å². The van der Waals surface area contributed by atoms with Crippen LogP contribution in [0.15, 0.2) is 6.07 Å². The van der Waals surface area contributed by atoms with E-state index in [1.165, 1.54) is 4.88 Å². The Balaban J connectivity index is 1.89. The van der Waals surface area contributed by atoms with Gasteiger partial charge >= 0.3 is 0 Å². The van der Waals surface area contributed by atoms with Gasteiger partial charge in [-0.1, -0.05) is 0 Å². The summed E-state index contributed by atoms with van der Waals surface area (Å²) in [6.45, 7) is 2.65. The van der Waals surface area contributed by atoms with Crippen LogP contribution in [0, 0.1) is 6.92 Å². The number of carbonyl (C=O) groups excluding carboxylic acids is 1. The van der Waals surface area contributed by atoms with Crippen LogP contribution in [0.2, 0.25) is 0 Å². The molecule has 0 aromatic carbocycles. The number of nitrogens with one attached hydrogen (secondary N) is 2. The monoisotopic (exact) mass is 277 g/mol. The van der Waals surface area contributed by atoms with Gasteiger partial charge in [-0.3, -0.25) is 4.79 Å². The number of thiophene rings is 1. The van der Waals surface area contributed by atoms with E-state index in [1.807, 2.05) is 6.92 Å². The molecule has 1 atom stereocenters. The molecule has 0 saturated carbocycles. The summed E-state index contributed by atoms with van der Waals surface area (Å²) < 4.78 is 0. The zero-order valence-corrected chi connectivity index (χ0v) is 11.4. The second kappa shape index (κ2) is 4.65. The summed E-state index contributed by atoms with van der Waals surface area (Å²) in [5.74, 6) is 1.14. The lowest BCUT2D eigenvalue weighted by molar-refractivity contribution is -0.122. The molecule has 2 aromatic heterocycles. The summed E-state index contributed by atoms with van der Waals surface area (Å²) in [5, 5.41) is 7.20. The van der Waals surface area contributed by atoms with Gasteiger partial charge in [-0.2, -0.15) is 4.98 Å². The Morgan fingerprint density at radius 3 is 3.11 bits per heavy atom. The van der Waals surface area contributed by atoms with Crippen LogP contribution in [0.1, 0.15) is 17.7 Å². The Labute approximate surface area is 114 Å². The van der Waals surface area contributed by atoms with Gasteiger partial charge in [-0.25, -0.2) is 4.98 Å². The molecule has 1 unspecified atom stereocenters. The first-order valence-corrected chi connectivity index (χ1v) is 7.00. The van der Waals surface area contributed by atoms with Crippen molar-refractivity contribution in [3.63, 3.8) is 0 Å². The zero-order chi connectivity index (χ0) is 13.4. The van der Waals surface area contributed by atoms with E-state index in [1.54, 1.807) is 11.3 Å². The third-order valence-corrected chi connectivity index (χ3v) is 4.08. The predicted octanol–water partition coefficient (Wildman–Crippen LogP) is 1.27. The Bertz CT molecular complexity index is 628. The molecular weight excluding hydrogens is 262 g/mol. The number of nitrogens with two attached hydrogens (primary N) is 1. The molecule has 1 saturated heterocycles. The Kier molecular flexibility index (Phi) is 2.98. The first kappa shape index (κ1) is 12.2. The number of hydrogen-bond donors (Lipinski definition) is 3. The van der Waals surface area contributed by atoms with Crippen molar-refractivity contribution < 1.29 is 4.79 Å². The van der Waals surface area contributed by atoms with Gasteiger partial charge in [0.05, 0.1) is 5.39 Å². The number of aryl methyl sites for hydroxylation is 1. The fourth-order valence-electron chi connectivity index (χ4n) is 2.22. The van der Waals surface area contributed by atoms with Crippen LogP contribution in [0.4, 0.5) is 11.8 Å². The second-order valence-corrected chi connectivity index (χ2v) is 5.93. The number of anilines is 2. The molecule has 1 aliphatic heterocycles. The molecule has 3 rings (SSSR count). The van der Waals surface area contributed by atoms with E-state index in [0.717, 1.165) is 22.5 Å². The molecule has 0 spiro atoms. The maximum Gasteiger partial charge on any atom is 0.223 e. The van der Waals surface area contributed by atoms with Crippen molar-refractivity contribution in [1.29, 1.82) is 0 Å². The molecule has 1 amide bonds. The molecule has 1 fully saturated rings. The summed E-state index contributed by atoms with van der Waals surface area (Å²) in [4.78, 5) is 21.7. The number of piperidine rings is 1. The molecule has 3 heterocycles. The largest absolute Gasteiger partial charge is 0.368 e. The molecule has 4 N–H and O–H groups in total. The minimum atomic E-state index is 0.108. The third-order valence-electron chi connectivity index (χ3n) is 3.14. The van der Waals surface area contributed by atoms with E-state index in [0.29, 0.717) is 13.0 Å². The normalized spacial score (nSPS) is 19.4. The Hall–Kier alpha value is -1.89. The average Bonchev–Trinajstić information content (AvgIpc) is 2.72. The van der Waals surface area contributed by atoms with Gasteiger partial charge in [-0.15, -0.1) is 11.3 Å².